The van der Waals surface area contributed by atoms with Crippen LogP contribution in [0.15, 0.2) is 47.4 Å². The van der Waals surface area contributed by atoms with Crippen molar-refractivity contribution in [3.63, 3.8) is 0 Å². The third kappa shape index (κ3) is 5.21. The number of halogens is 5. The van der Waals surface area contributed by atoms with Gasteiger partial charge < -0.3 is 10.1 Å². The lowest BCUT2D eigenvalue weighted by molar-refractivity contribution is -0.137. The molecule has 0 spiro atoms. The van der Waals surface area contributed by atoms with Gasteiger partial charge in [0.25, 0.3) is 11.5 Å². The Kier molecular flexibility index (Phi) is 6.30. The van der Waals surface area contributed by atoms with Crippen LogP contribution in [-0.4, -0.2) is 16.1 Å². The van der Waals surface area contributed by atoms with Crippen LogP contribution in [0.1, 0.15) is 28.4 Å². The second-order valence-corrected chi connectivity index (χ2v) is 6.73. The molecular weight excluding hydrogens is 442 g/mol. The SMILES string of the molecule is CCc1cc(F)ccc1Oc1cc(C(F)(F)F)c(Cl)cc1C(=O)Nc1cn[nH]c(=O)c1. The lowest BCUT2D eigenvalue weighted by atomic mass is 10.1. The fraction of sp³-hybridized carbons (Fsp3) is 0.150. The maximum absolute atomic E-state index is 13.5. The fourth-order valence-electron chi connectivity index (χ4n) is 2.72. The second kappa shape index (κ2) is 8.76. The lowest BCUT2D eigenvalue weighted by Crippen LogP contribution is -2.17. The number of hydrogen-bond donors (Lipinski definition) is 2. The molecule has 0 unspecified atom stereocenters. The van der Waals surface area contributed by atoms with Crippen LogP contribution < -0.4 is 15.6 Å². The highest BCUT2D eigenvalue weighted by atomic mass is 35.5. The lowest BCUT2D eigenvalue weighted by Gasteiger charge is -2.17. The van der Waals surface area contributed by atoms with Crippen molar-refractivity contribution in [2.75, 3.05) is 5.32 Å². The molecule has 3 rings (SSSR count). The normalized spacial score (nSPS) is 11.3. The van der Waals surface area contributed by atoms with Gasteiger partial charge >= 0.3 is 6.18 Å². The molecule has 1 amide bonds. The summed E-state index contributed by atoms with van der Waals surface area (Å²) < 4.78 is 59.2. The fourth-order valence-corrected chi connectivity index (χ4v) is 2.99. The molecule has 3 aromatic rings. The van der Waals surface area contributed by atoms with Gasteiger partial charge in [0.2, 0.25) is 0 Å². The summed E-state index contributed by atoms with van der Waals surface area (Å²) in [6.45, 7) is 1.71. The molecule has 0 bridgehead atoms. The smallest absolute Gasteiger partial charge is 0.417 e. The predicted molar refractivity (Wildman–Crippen MR) is 105 cm³/mol. The molecule has 31 heavy (non-hydrogen) atoms. The van der Waals surface area contributed by atoms with Gasteiger partial charge in [-0.05, 0) is 42.3 Å². The van der Waals surface area contributed by atoms with E-state index in [9.17, 15) is 27.2 Å². The summed E-state index contributed by atoms with van der Waals surface area (Å²) in [7, 11) is 0. The maximum atomic E-state index is 13.5. The van der Waals surface area contributed by atoms with Gasteiger partial charge in [0.05, 0.1) is 28.0 Å². The largest absolute Gasteiger partial charge is 0.456 e. The molecule has 6 nitrogen and oxygen atoms in total. The quantitative estimate of drug-likeness (QED) is 0.519. The third-order valence-electron chi connectivity index (χ3n) is 4.17. The highest BCUT2D eigenvalue weighted by molar-refractivity contribution is 6.32. The van der Waals surface area contributed by atoms with E-state index in [-0.39, 0.29) is 17.0 Å². The van der Waals surface area contributed by atoms with Crippen LogP contribution in [0.5, 0.6) is 11.5 Å². The van der Waals surface area contributed by atoms with E-state index in [1.807, 2.05) is 0 Å². The first-order chi connectivity index (χ1) is 14.6. The summed E-state index contributed by atoms with van der Waals surface area (Å²) in [5.41, 5.74) is -1.75. The number of aromatic nitrogens is 2. The van der Waals surface area contributed by atoms with Crippen LogP contribution in [0.2, 0.25) is 5.02 Å². The van der Waals surface area contributed by atoms with E-state index in [4.69, 9.17) is 16.3 Å². The molecule has 0 atom stereocenters. The number of aryl methyl sites for hydroxylation is 1. The first-order valence-corrected chi connectivity index (χ1v) is 9.19. The van der Waals surface area contributed by atoms with Crippen LogP contribution in [0, 0.1) is 5.82 Å². The van der Waals surface area contributed by atoms with Crippen LogP contribution in [-0.2, 0) is 12.6 Å². The van der Waals surface area contributed by atoms with Crippen molar-refractivity contribution in [2.45, 2.75) is 19.5 Å². The van der Waals surface area contributed by atoms with Crippen LogP contribution in [0.25, 0.3) is 0 Å². The van der Waals surface area contributed by atoms with Crippen molar-refractivity contribution in [3.05, 3.63) is 80.5 Å². The van der Waals surface area contributed by atoms with Crippen molar-refractivity contribution >= 4 is 23.2 Å². The van der Waals surface area contributed by atoms with Crippen molar-refractivity contribution in [1.29, 1.82) is 0 Å². The minimum atomic E-state index is -4.81. The van der Waals surface area contributed by atoms with Crippen LogP contribution in [0.3, 0.4) is 0 Å². The Morgan fingerprint density at radius 2 is 1.94 bits per heavy atom. The molecule has 0 aliphatic rings. The summed E-state index contributed by atoms with van der Waals surface area (Å²) >= 11 is 5.77. The zero-order chi connectivity index (χ0) is 22.8. The Morgan fingerprint density at radius 1 is 1.19 bits per heavy atom. The standard InChI is InChI=1S/C20H14ClF4N3O3/c1-2-10-5-11(22)3-4-16(10)31-17-8-14(20(23,24)25)15(21)7-13(17)19(30)27-12-6-18(29)28-26-9-12/h3-9H,2H2,1H3,(H2,27,28,29,30). The van der Waals surface area contributed by atoms with Crippen molar-refractivity contribution in [1.82, 2.24) is 10.2 Å². The van der Waals surface area contributed by atoms with E-state index in [1.54, 1.807) is 6.92 Å². The number of ether oxygens (including phenoxy) is 1. The number of aromatic amines is 1. The summed E-state index contributed by atoms with van der Waals surface area (Å²) in [5, 5.41) is 7.27. The topological polar surface area (TPSA) is 84.1 Å². The summed E-state index contributed by atoms with van der Waals surface area (Å²) in [6, 6.07) is 5.94. The van der Waals surface area contributed by atoms with Gasteiger partial charge in [-0.15, -0.1) is 0 Å². The van der Waals surface area contributed by atoms with Gasteiger partial charge in [-0.25, -0.2) is 9.49 Å². The molecule has 2 N–H and O–H groups in total. The molecule has 0 fully saturated rings. The Balaban J connectivity index is 2.08. The number of H-pyrrole nitrogens is 1. The van der Waals surface area contributed by atoms with Gasteiger partial charge in [-0.2, -0.15) is 18.3 Å². The molecule has 0 aliphatic carbocycles. The number of amides is 1. The zero-order valence-electron chi connectivity index (χ0n) is 15.8. The monoisotopic (exact) mass is 455 g/mol. The molecule has 162 valence electrons. The van der Waals surface area contributed by atoms with E-state index in [0.29, 0.717) is 18.1 Å². The molecular formula is C20H14ClF4N3O3. The highest BCUT2D eigenvalue weighted by Gasteiger charge is 2.35. The molecule has 0 saturated carbocycles. The molecule has 1 aromatic heterocycles. The van der Waals surface area contributed by atoms with E-state index in [0.717, 1.165) is 24.4 Å². The number of carbonyl (C=O) groups excluding carboxylic acids is 1. The number of carbonyl (C=O) groups is 1. The molecule has 1 heterocycles. The number of benzene rings is 2. The third-order valence-corrected chi connectivity index (χ3v) is 4.48. The molecule has 0 aliphatic heterocycles. The predicted octanol–water partition coefficient (Wildman–Crippen LogP) is 5.19. The van der Waals surface area contributed by atoms with Crippen molar-refractivity contribution in [2.24, 2.45) is 0 Å². The van der Waals surface area contributed by atoms with E-state index in [2.05, 4.69) is 15.5 Å². The zero-order valence-corrected chi connectivity index (χ0v) is 16.6. The Labute approximate surface area is 177 Å². The Hall–Kier alpha value is -3.40. The van der Waals surface area contributed by atoms with Gasteiger partial charge in [-0.1, -0.05) is 18.5 Å². The van der Waals surface area contributed by atoms with Gasteiger partial charge in [0.15, 0.2) is 0 Å². The number of hydrogen-bond acceptors (Lipinski definition) is 4. The number of rotatable bonds is 5. The highest BCUT2D eigenvalue weighted by Crippen LogP contribution is 2.40. The molecule has 2 aromatic carbocycles. The van der Waals surface area contributed by atoms with Gasteiger partial charge in [-0.3, -0.25) is 9.59 Å². The summed E-state index contributed by atoms with van der Waals surface area (Å²) in [4.78, 5) is 24.1. The minimum absolute atomic E-state index is 0.00625. The number of nitrogens with one attached hydrogen (secondary N) is 2. The minimum Gasteiger partial charge on any atom is -0.456 e. The number of alkyl halides is 3. The van der Waals surface area contributed by atoms with E-state index >= 15 is 0 Å². The number of anilines is 1. The summed E-state index contributed by atoms with van der Waals surface area (Å²) in [5.74, 6) is -1.81. The van der Waals surface area contributed by atoms with E-state index < -0.39 is 39.8 Å². The van der Waals surface area contributed by atoms with E-state index in [1.165, 1.54) is 12.1 Å². The number of nitrogens with zero attached hydrogens (tertiary/aromatic N) is 1. The Morgan fingerprint density at radius 3 is 2.58 bits per heavy atom. The van der Waals surface area contributed by atoms with Crippen LogP contribution in [0.4, 0.5) is 23.2 Å². The maximum Gasteiger partial charge on any atom is 0.417 e. The average Bonchev–Trinajstić information content (AvgIpc) is 2.69. The second-order valence-electron chi connectivity index (χ2n) is 6.32. The van der Waals surface area contributed by atoms with Crippen molar-refractivity contribution < 1.29 is 27.1 Å². The van der Waals surface area contributed by atoms with Gasteiger partial charge in [0, 0.05) is 6.07 Å². The first-order valence-electron chi connectivity index (χ1n) is 8.81. The first kappa shape index (κ1) is 22.3. The van der Waals surface area contributed by atoms with Gasteiger partial charge in [0.1, 0.15) is 17.3 Å². The summed E-state index contributed by atoms with van der Waals surface area (Å²) in [6.07, 6.45) is -3.34. The molecule has 11 heteroatoms. The average molecular weight is 456 g/mol. The molecule has 0 saturated heterocycles. The van der Waals surface area contributed by atoms with Crippen LogP contribution >= 0.6 is 11.6 Å². The van der Waals surface area contributed by atoms with Crippen molar-refractivity contribution in [3.8, 4) is 11.5 Å². The molecule has 0 radical (unpaired) electrons. The Bertz CT molecular complexity index is 1200.